The van der Waals surface area contributed by atoms with E-state index in [1.54, 1.807) is 11.8 Å². The first-order chi connectivity index (χ1) is 16.5. The first-order valence-electron chi connectivity index (χ1n) is 12.0. The molecule has 0 fully saturated rings. The van der Waals surface area contributed by atoms with Crippen LogP contribution in [0.4, 0.5) is 5.69 Å². The molecular weight excluding hydrogens is 470 g/mol. The monoisotopic (exact) mass is 505 g/mol. The lowest BCUT2D eigenvalue weighted by Gasteiger charge is -2.19. The molecule has 2 aliphatic heterocycles. The van der Waals surface area contributed by atoms with Crippen LogP contribution in [-0.4, -0.2) is 60.2 Å². The molecule has 2 heterocycles. The van der Waals surface area contributed by atoms with Crippen molar-refractivity contribution in [1.82, 2.24) is 10.6 Å². The van der Waals surface area contributed by atoms with E-state index in [9.17, 15) is 5.11 Å². The van der Waals surface area contributed by atoms with Gasteiger partial charge in [-0.3, -0.25) is 0 Å². The summed E-state index contributed by atoms with van der Waals surface area (Å²) in [5, 5.41) is 17.5. The van der Waals surface area contributed by atoms with E-state index in [1.807, 2.05) is 32.0 Å². The molecule has 0 saturated heterocycles. The van der Waals surface area contributed by atoms with E-state index in [0.29, 0.717) is 36.7 Å². The number of aliphatic imine (C=N–C) groups is 3. The molecule has 0 amide bonds. The lowest BCUT2D eigenvalue weighted by Crippen LogP contribution is -2.27. The molecule has 0 aromatic heterocycles. The van der Waals surface area contributed by atoms with Gasteiger partial charge in [0.1, 0.15) is 10.2 Å². The number of hydrogen-bond donors (Lipinski definition) is 3. The molecule has 2 aliphatic rings. The smallest absolute Gasteiger partial charge is 0.219 e. The molecule has 0 saturated carbocycles. The van der Waals surface area contributed by atoms with Crippen molar-refractivity contribution in [1.29, 1.82) is 0 Å². The van der Waals surface area contributed by atoms with Gasteiger partial charge in [-0.05, 0) is 44.2 Å². The molecule has 1 unspecified atom stereocenters. The molecule has 186 valence electrons. The molecule has 34 heavy (non-hydrogen) atoms. The van der Waals surface area contributed by atoms with E-state index >= 15 is 0 Å². The Kier molecular flexibility index (Phi) is 10.9. The third-order valence-electron chi connectivity index (χ3n) is 5.69. The number of rotatable bonds is 12. The summed E-state index contributed by atoms with van der Waals surface area (Å²) < 4.78 is 5.60. The van der Waals surface area contributed by atoms with Crippen molar-refractivity contribution in [2.75, 3.05) is 32.8 Å². The maximum absolute atomic E-state index is 9.47. The van der Waals surface area contributed by atoms with Gasteiger partial charge in [0.2, 0.25) is 5.96 Å². The Labute approximate surface area is 212 Å². The van der Waals surface area contributed by atoms with Crippen molar-refractivity contribution >= 4 is 45.2 Å². The van der Waals surface area contributed by atoms with Crippen LogP contribution in [0.2, 0.25) is 0 Å². The van der Waals surface area contributed by atoms with Gasteiger partial charge in [0.15, 0.2) is 0 Å². The SMILES string of the molecule is CCC(CO)CCCNC1=C(C2=Nc3ccccc3CS2)C(Cl)=NC(NCCOC(C)C)=NC1. The topological polar surface area (TPSA) is 90.6 Å². The van der Waals surface area contributed by atoms with Crippen molar-refractivity contribution in [3.05, 3.63) is 41.1 Å². The first kappa shape index (κ1) is 26.7. The molecule has 0 radical (unpaired) electrons. The van der Waals surface area contributed by atoms with Crippen molar-refractivity contribution < 1.29 is 9.84 Å². The predicted molar refractivity (Wildman–Crippen MR) is 145 cm³/mol. The number of para-hydroxylation sites is 1. The quantitative estimate of drug-likeness (QED) is 0.360. The van der Waals surface area contributed by atoms with Crippen LogP contribution in [-0.2, 0) is 10.5 Å². The summed E-state index contributed by atoms with van der Waals surface area (Å²) in [6.07, 6.45) is 3.08. The fourth-order valence-corrected chi connectivity index (χ4v) is 5.07. The highest BCUT2D eigenvalue weighted by atomic mass is 35.5. The van der Waals surface area contributed by atoms with Crippen LogP contribution in [0.15, 0.2) is 50.5 Å². The van der Waals surface area contributed by atoms with Crippen molar-refractivity contribution in [2.24, 2.45) is 20.9 Å². The molecule has 0 spiro atoms. The highest BCUT2D eigenvalue weighted by molar-refractivity contribution is 8.14. The largest absolute Gasteiger partial charge is 0.396 e. The predicted octanol–water partition coefficient (Wildman–Crippen LogP) is 4.63. The Bertz CT molecular complexity index is 941. The second-order valence-electron chi connectivity index (χ2n) is 8.60. The Morgan fingerprint density at radius 3 is 2.76 bits per heavy atom. The molecule has 3 N–H and O–H groups in total. The minimum atomic E-state index is 0.177. The fraction of sp³-hybridized carbons (Fsp3) is 0.560. The molecule has 7 nitrogen and oxygen atoms in total. The van der Waals surface area contributed by atoms with Gasteiger partial charge in [0.25, 0.3) is 0 Å². The van der Waals surface area contributed by atoms with Crippen molar-refractivity contribution in [2.45, 2.75) is 51.9 Å². The summed E-state index contributed by atoms with van der Waals surface area (Å²) in [6, 6.07) is 8.18. The van der Waals surface area contributed by atoms with Crippen molar-refractivity contribution in [3.8, 4) is 0 Å². The number of nitrogens with one attached hydrogen (secondary N) is 2. The number of thioether (sulfide) groups is 1. The lowest BCUT2D eigenvalue weighted by atomic mass is 10.0. The summed E-state index contributed by atoms with van der Waals surface area (Å²) in [5.74, 6) is 1.68. The second-order valence-corrected chi connectivity index (χ2v) is 9.92. The fourth-order valence-electron chi connectivity index (χ4n) is 3.67. The standard InChI is InChI=1S/C25H36ClN5O2S/c1-4-18(15-32)8-7-11-27-21-14-29-25(28-12-13-33-17(2)3)31-23(26)22(21)24-30-20-10-6-5-9-19(20)16-34-24/h5-6,9-10,17-18,27,32H,4,7-8,11-16H2,1-3H3,(H,28,29). The zero-order valence-electron chi connectivity index (χ0n) is 20.3. The van der Waals surface area contributed by atoms with Crippen LogP contribution in [0, 0.1) is 5.92 Å². The van der Waals surface area contributed by atoms with Gasteiger partial charge in [-0.1, -0.05) is 43.1 Å². The first-order valence-corrected chi connectivity index (χ1v) is 13.4. The minimum Gasteiger partial charge on any atom is -0.396 e. The zero-order chi connectivity index (χ0) is 24.3. The van der Waals surface area contributed by atoms with Gasteiger partial charge >= 0.3 is 0 Å². The summed E-state index contributed by atoms with van der Waals surface area (Å²) >= 11 is 8.45. The summed E-state index contributed by atoms with van der Waals surface area (Å²) in [5.41, 5.74) is 3.92. The van der Waals surface area contributed by atoms with Crippen LogP contribution in [0.25, 0.3) is 0 Å². The highest BCUT2D eigenvalue weighted by Crippen LogP contribution is 2.34. The Morgan fingerprint density at radius 2 is 2.00 bits per heavy atom. The zero-order valence-corrected chi connectivity index (χ0v) is 21.9. The maximum Gasteiger partial charge on any atom is 0.219 e. The Balaban J connectivity index is 1.78. The third-order valence-corrected chi connectivity index (χ3v) is 6.99. The molecule has 9 heteroatoms. The highest BCUT2D eigenvalue weighted by Gasteiger charge is 2.24. The van der Waals surface area contributed by atoms with E-state index in [1.165, 1.54) is 5.56 Å². The number of aliphatic hydroxyl groups excluding tert-OH is 1. The number of fused-ring (bicyclic) bond motifs is 1. The molecule has 1 aromatic carbocycles. The van der Waals surface area contributed by atoms with E-state index in [0.717, 1.165) is 53.6 Å². The molecule has 0 bridgehead atoms. The molecule has 1 atom stereocenters. The molecule has 3 rings (SSSR count). The van der Waals surface area contributed by atoms with Gasteiger partial charge in [0, 0.05) is 31.1 Å². The number of aliphatic hydroxyl groups is 1. The van der Waals surface area contributed by atoms with Gasteiger partial charge in [-0.15, -0.1) is 11.8 Å². The van der Waals surface area contributed by atoms with E-state index in [4.69, 9.17) is 21.3 Å². The van der Waals surface area contributed by atoms with Gasteiger partial charge in [-0.2, -0.15) is 0 Å². The summed E-state index contributed by atoms with van der Waals surface area (Å²) in [6.45, 7) is 8.74. The Hall–Kier alpha value is -1.87. The van der Waals surface area contributed by atoms with E-state index in [2.05, 4.69) is 33.6 Å². The van der Waals surface area contributed by atoms with Crippen molar-refractivity contribution in [3.63, 3.8) is 0 Å². The summed E-state index contributed by atoms with van der Waals surface area (Å²) in [7, 11) is 0. The van der Waals surface area contributed by atoms with Gasteiger partial charge < -0.3 is 20.5 Å². The second kappa shape index (κ2) is 13.9. The van der Waals surface area contributed by atoms with E-state index in [-0.39, 0.29) is 12.7 Å². The summed E-state index contributed by atoms with van der Waals surface area (Å²) in [4.78, 5) is 14.1. The van der Waals surface area contributed by atoms with Crippen LogP contribution in [0.5, 0.6) is 0 Å². The molecule has 0 aliphatic carbocycles. The molecular formula is C25H36ClN5O2S. The minimum absolute atomic E-state index is 0.177. The maximum atomic E-state index is 9.47. The van der Waals surface area contributed by atoms with Crippen LogP contribution >= 0.6 is 23.4 Å². The average Bonchev–Trinajstić information content (AvgIpc) is 2.99. The van der Waals surface area contributed by atoms with Gasteiger partial charge in [-0.25, -0.2) is 15.0 Å². The number of nitrogens with zero attached hydrogens (tertiary/aromatic N) is 3. The van der Waals surface area contributed by atoms with Crippen LogP contribution in [0.1, 0.15) is 45.6 Å². The Morgan fingerprint density at radius 1 is 1.18 bits per heavy atom. The number of ether oxygens (including phenoxy) is 1. The number of hydrogen-bond acceptors (Lipinski definition) is 8. The van der Waals surface area contributed by atoms with Gasteiger partial charge in [0.05, 0.1) is 30.5 Å². The third kappa shape index (κ3) is 7.83. The number of benzene rings is 1. The van der Waals surface area contributed by atoms with Crippen LogP contribution in [0.3, 0.4) is 0 Å². The molecule has 1 aromatic rings. The lowest BCUT2D eigenvalue weighted by molar-refractivity contribution is 0.0830. The van der Waals surface area contributed by atoms with E-state index < -0.39 is 0 Å². The number of halogens is 1. The normalized spacial score (nSPS) is 16.9. The number of guanidine groups is 1. The van der Waals surface area contributed by atoms with Crippen LogP contribution < -0.4 is 10.6 Å². The average molecular weight is 506 g/mol.